The van der Waals surface area contributed by atoms with Crippen LogP contribution in [0.25, 0.3) is 0 Å². The molecule has 22 heavy (non-hydrogen) atoms. The summed E-state index contributed by atoms with van der Waals surface area (Å²) in [5.41, 5.74) is 5.77. The number of nitrogens with zero attached hydrogens (tertiary/aromatic N) is 1. The second-order valence-corrected chi connectivity index (χ2v) is 6.73. The fraction of sp³-hybridized carbons (Fsp3) is 0.667. The monoisotopic (exact) mass is 308 g/mol. The van der Waals surface area contributed by atoms with Crippen LogP contribution in [-0.2, 0) is 9.31 Å². The molecule has 0 spiro atoms. The van der Waals surface area contributed by atoms with Crippen LogP contribution in [0.3, 0.4) is 0 Å². The molecule has 2 heterocycles. The van der Waals surface area contributed by atoms with Crippen LogP contribution >= 0.6 is 0 Å². The number of aliphatic hydroxyl groups excluding tert-OH is 2. The highest BCUT2D eigenvalue weighted by Crippen LogP contribution is 2.36. The summed E-state index contributed by atoms with van der Waals surface area (Å²) in [7, 11) is -0.545. The van der Waals surface area contributed by atoms with Crippen LogP contribution in [0.15, 0.2) is 18.5 Å². The van der Waals surface area contributed by atoms with E-state index in [2.05, 4.69) is 4.98 Å². The summed E-state index contributed by atoms with van der Waals surface area (Å²) in [5.74, 6) is 0. The zero-order valence-corrected chi connectivity index (χ0v) is 13.6. The number of rotatable bonds is 5. The standard InChI is InChI=1S/C15H25BN2O4/c1-14(2)15(3,4)22-16(21-14)11-7-10(8-18-9-11)13(20)12(19)5-6-17/h7-9,12-13,19-20H,5-6,17H2,1-4H3. The summed E-state index contributed by atoms with van der Waals surface area (Å²) >= 11 is 0. The summed E-state index contributed by atoms with van der Waals surface area (Å²) in [6.45, 7) is 8.21. The van der Waals surface area contributed by atoms with Crippen molar-refractivity contribution in [2.75, 3.05) is 6.54 Å². The normalized spacial score (nSPS) is 22.6. The molecule has 2 unspecified atom stereocenters. The molecule has 0 saturated carbocycles. The predicted molar refractivity (Wildman–Crippen MR) is 84.6 cm³/mol. The Balaban J connectivity index is 2.20. The van der Waals surface area contributed by atoms with E-state index in [-0.39, 0.29) is 0 Å². The number of nitrogens with two attached hydrogens (primary N) is 1. The van der Waals surface area contributed by atoms with Crippen LogP contribution in [0.1, 0.15) is 45.8 Å². The largest absolute Gasteiger partial charge is 0.496 e. The van der Waals surface area contributed by atoms with Crippen molar-refractivity contribution < 1.29 is 19.5 Å². The summed E-state index contributed by atoms with van der Waals surface area (Å²) in [6.07, 6.45) is 1.55. The molecule has 7 heteroatoms. The van der Waals surface area contributed by atoms with Gasteiger partial charge in [-0.3, -0.25) is 4.98 Å². The van der Waals surface area contributed by atoms with Gasteiger partial charge in [0.2, 0.25) is 0 Å². The van der Waals surface area contributed by atoms with E-state index in [0.29, 0.717) is 18.5 Å². The highest BCUT2D eigenvalue weighted by atomic mass is 16.7. The van der Waals surface area contributed by atoms with Gasteiger partial charge < -0.3 is 25.3 Å². The van der Waals surface area contributed by atoms with E-state index in [1.54, 1.807) is 12.3 Å². The molecule has 0 aliphatic carbocycles. The van der Waals surface area contributed by atoms with Gasteiger partial charge in [0.25, 0.3) is 0 Å². The third-order valence-corrected chi connectivity index (χ3v) is 4.47. The average Bonchev–Trinajstić information content (AvgIpc) is 2.67. The summed E-state index contributed by atoms with van der Waals surface area (Å²) in [4.78, 5) is 4.13. The highest BCUT2D eigenvalue weighted by molar-refractivity contribution is 6.62. The van der Waals surface area contributed by atoms with Gasteiger partial charge in [0, 0.05) is 23.4 Å². The molecule has 1 aromatic rings. The van der Waals surface area contributed by atoms with Crippen LogP contribution in [0.4, 0.5) is 0 Å². The number of hydrogen-bond acceptors (Lipinski definition) is 6. The topological polar surface area (TPSA) is 97.8 Å². The van der Waals surface area contributed by atoms with Gasteiger partial charge in [-0.2, -0.15) is 0 Å². The van der Waals surface area contributed by atoms with Crippen LogP contribution in [0.2, 0.25) is 0 Å². The second kappa shape index (κ2) is 6.25. The average molecular weight is 308 g/mol. The molecular weight excluding hydrogens is 283 g/mol. The quantitative estimate of drug-likeness (QED) is 0.669. The minimum atomic E-state index is -1.03. The maximum Gasteiger partial charge on any atom is 0.496 e. The van der Waals surface area contributed by atoms with E-state index < -0.39 is 30.5 Å². The molecule has 1 saturated heterocycles. The Morgan fingerprint density at radius 3 is 2.32 bits per heavy atom. The van der Waals surface area contributed by atoms with Crippen molar-refractivity contribution in [1.29, 1.82) is 0 Å². The Kier molecular flexibility index (Phi) is 4.94. The van der Waals surface area contributed by atoms with Crippen molar-refractivity contribution >= 4 is 12.6 Å². The molecule has 1 aliphatic heterocycles. The lowest BCUT2D eigenvalue weighted by Crippen LogP contribution is -2.41. The van der Waals surface area contributed by atoms with Gasteiger partial charge in [0.05, 0.1) is 17.3 Å². The number of aromatic nitrogens is 1. The molecule has 0 aromatic carbocycles. The molecule has 1 fully saturated rings. The molecule has 1 aromatic heterocycles. The predicted octanol–water partition coefficient (Wildman–Crippen LogP) is 0.124. The lowest BCUT2D eigenvalue weighted by atomic mass is 9.79. The first-order valence-corrected chi connectivity index (χ1v) is 7.54. The van der Waals surface area contributed by atoms with Gasteiger partial charge >= 0.3 is 7.12 Å². The van der Waals surface area contributed by atoms with Crippen molar-refractivity contribution in [3.8, 4) is 0 Å². The fourth-order valence-electron chi connectivity index (χ4n) is 2.30. The van der Waals surface area contributed by atoms with Gasteiger partial charge in [-0.05, 0) is 40.7 Å². The molecule has 1 aliphatic rings. The molecule has 4 N–H and O–H groups in total. The van der Waals surface area contributed by atoms with E-state index in [1.165, 1.54) is 6.20 Å². The Bertz CT molecular complexity index is 508. The zero-order chi connectivity index (χ0) is 16.5. The van der Waals surface area contributed by atoms with Gasteiger partial charge in [-0.1, -0.05) is 6.07 Å². The van der Waals surface area contributed by atoms with Gasteiger partial charge in [0.1, 0.15) is 6.10 Å². The van der Waals surface area contributed by atoms with Crippen molar-refractivity contribution in [2.45, 2.75) is 57.5 Å². The van der Waals surface area contributed by atoms with E-state index >= 15 is 0 Å². The minimum absolute atomic E-state index is 0.308. The smallest absolute Gasteiger partial charge is 0.399 e. The van der Waals surface area contributed by atoms with Gasteiger partial charge in [0.15, 0.2) is 0 Å². The zero-order valence-electron chi connectivity index (χ0n) is 13.6. The molecule has 2 atom stereocenters. The minimum Gasteiger partial charge on any atom is -0.399 e. The van der Waals surface area contributed by atoms with Crippen LogP contribution in [0, 0.1) is 0 Å². The van der Waals surface area contributed by atoms with Crippen molar-refractivity contribution in [2.24, 2.45) is 5.73 Å². The Morgan fingerprint density at radius 1 is 1.18 bits per heavy atom. The summed E-state index contributed by atoms with van der Waals surface area (Å²) in [6, 6.07) is 1.75. The van der Waals surface area contributed by atoms with E-state index in [9.17, 15) is 10.2 Å². The van der Waals surface area contributed by atoms with Crippen LogP contribution in [0.5, 0.6) is 0 Å². The van der Waals surface area contributed by atoms with Crippen LogP contribution in [-0.4, -0.2) is 46.2 Å². The third kappa shape index (κ3) is 3.34. The molecule has 2 rings (SSSR count). The fourth-order valence-corrected chi connectivity index (χ4v) is 2.30. The van der Waals surface area contributed by atoms with Crippen molar-refractivity contribution in [1.82, 2.24) is 4.98 Å². The molecule has 122 valence electrons. The van der Waals surface area contributed by atoms with Gasteiger partial charge in [-0.15, -0.1) is 0 Å². The van der Waals surface area contributed by atoms with Crippen molar-refractivity contribution in [3.05, 3.63) is 24.0 Å². The summed E-state index contributed by atoms with van der Waals surface area (Å²) in [5, 5.41) is 20.0. The first-order chi connectivity index (χ1) is 10.2. The number of pyridine rings is 1. The van der Waals surface area contributed by atoms with E-state index in [4.69, 9.17) is 15.0 Å². The number of aliphatic hydroxyl groups is 2. The maximum absolute atomic E-state index is 10.2. The first kappa shape index (κ1) is 17.4. The summed E-state index contributed by atoms with van der Waals surface area (Å²) < 4.78 is 11.9. The van der Waals surface area contributed by atoms with E-state index in [1.807, 2.05) is 27.7 Å². The third-order valence-electron chi connectivity index (χ3n) is 4.47. The Morgan fingerprint density at radius 2 is 1.77 bits per heavy atom. The molecule has 6 nitrogen and oxygen atoms in total. The molecule has 0 radical (unpaired) electrons. The van der Waals surface area contributed by atoms with Gasteiger partial charge in [-0.25, -0.2) is 0 Å². The lowest BCUT2D eigenvalue weighted by molar-refractivity contribution is 0.00578. The van der Waals surface area contributed by atoms with E-state index in [0.717, 1.165) is 5.46 Å². The molecule has 0 amide bonds. The highest BCUT2D eigenvalue weighted by Gasteiger charge is 2.51. The van der Waals surface area contributed by atoms with Crippen molar-refractivity contribution in [3.63, 3.8) is 0 Å². The molecular formula is C15H25BN2O4. The number of hydrogen-bond donors (Lipinski definition) is 3. The SMILES string of the molecule is CC1(C)OB(c2cncc(C(O)C(O)CCN)c2)OC1(C)C. The maximum atomic E-state index is 10.2. The molecule has 0 bridgehead atoms. The Hall–Kier alpha value is -0.985. The second-order valence-electron chi connectivity index (χ2n) is 6.73. The first-order valence-electron chi connectivity index (χ1n) is 7.54. The Labute approximate surface area is 131 Å². The van der Waals surface area contributed by atoms with Crippen LogP contribution < -0.4 is 11.2 Å². The lowest BCUT2D eigenvalue weighted by Gasteiger charge is -2.32.